The minimum Gasteiger partial charge on any atom is -0.493 e. The molecule has 0 bridgehead atoms. The lowest BCUT2D eigenvalue weighted by Crippen LogP contribution is -2.07. The number of carboxylic acids is 1. The number of nitro groups is 1. The van der Waals surface area contributed by atoms with Gasteiger partial charge in [0.15, 0.2) is 5.75 Å². The van der Waals surface area contributed by atoms with E-state index < -0.39 is 10.9 Å². The van der Waals surface area contributed by atoms with Gasteiger partial charge in [-0.2, -0.15) is 0 Å². The van der Waals surface area contributed by atoms with Gasteiger partial charge in [0.1, 0.15) is 5.75 Å². The molecule has 0 aliphatic carbocycles. The van der Waals surface area contributed by atoms with Crippen LogP contribution in [0.4, 0.5) is 5.69 Å². The normalized spacial score (nSPS) is 10.1. The molecule has 0 heterocycles. The summed E-state index contributed by atoms with van der Waals surface area (Å²) >= 11 is 0. The number of carboxylic acid groups (broad SMARTS) is 1. The van der Waals surface area contributed by atoms with Gasteiger partial charge in [0.25, 0.3) is 0 Å². The van der Waals surface area contributed by atoms with E-state index >= 15 is 0 Å². The highest BCUT2D eigenvalue weighted by molar-refractivity contribution is 5.88. The Kier molecular flexibility index (Phi) is 5.51. The van der Waals surface area contributed by atoms with E-state index in [9.17, 15) is 14.9 Å². The lowest BCUT2D eigenvalue weighted by Gasteiger charge is -2.09. The molecule has 0 radical (unpaired) electrons. The molecule has 1 N–H and O–H groups in total. The molecule has 0 saturated heterocycles. The number of hydrogen-bond acceptors (Lipinski definition) is 5. The minimum atomic E-state index is -1.17. The Morgan fingerprint density at radius 3 is 2.43 bits per heavy atom. The zero-order valence-corrected chi connectivity index (χ0v) is 12.2. The van der Waals surface area contributed by atoms with Crippen molar-refractivity contribution in [1.82, 2.24) is 0 Å². The van der Waals surface area contributed by atoms with Gasteiger partial charge < -0.3 is 14.6 Å². The number of hydrogen-bond donors (Lipinski definition) is 1. The topological polar surface area (TPSA) is 98.9 Å². The zero-order chi connectivity index (χ0) is 16.7. The second-order valence-corrected chi connectivity index (χ2v) is 4.61. The molecule has 0 aliphatic heterocycles. The summed E-state index contributed by atoms with van der Waals surface area (Å²) in [6, 6.07) is 12.7. The molecule has 0 aliphatic rings. The van der Waals surface area contributed by atoms with Gasteiger partial charge in [0.05, 0.1) is 23.7 Å². The summed E-state index contributed by atoms with van der Waals surface area (Å²) in [5, 5.41) is 19.9. The van der Waals surface area contributed by atoms with E-state index in [4.69, 9.17) is 14.6 Å². The molecule has 2 rings (SSSR count). The molecular formula is C16H15NO6. The third-order valence-electron chi connectivity index (χ3n) is 2.96. The van der Waals surface area contributed by atoms with Crippen molar-refractivity contribution in [3.8, 4) is 11.5 Å². The summed E-state index contributed by atoms with van der Waals surface area (Å²) in [7, 11) is 0. The molecule has 23 heavy (non-hydrogen) atoms. The summed E-state index contributed by atoms with van der Waals surface area (Å²) in [4.78, 5) is 21.2. The van der Waals surface area contributed by atoms with Crippen LogP contribution >= 0.6 is 0 Å². The zero-order valence-electron chi connectivity index (χ0n) is 12.2. The standard InChI is InChI=1S/C16H15NO6/c18-16(19)12-7-8-14(17(20)21)15(11-12)23-10-4-9-22-13-5-2-1-3-6-13/h1-3,5-8,11H,4,9-10H2,(H,18,19). The van der Waals surface area contributed by atoms with Gasteiger partial charge in [-0.3, -0.25) is 10.1 Å². The van der Waals surface area contributed by atoms with E-state index in [0.717, 1.165) is 17.9 Å². The lowest BCUT2D eigenvalue weighted by atomic mass is 10.2. The van der Waals surface area contributed by atoms with E-state index in [2.05, 4.69) is 0 Å². The minimum absolute atomic E-state index is 0.0605. The van der Waals surface area contributed by atoms with E-state index in [1.54, 1.807) is 0 Å². The summed E-state index contributed by atoms with van der Waals surface area (Å²) in [6.07, 6.45) is 0.503. The average molecular weight is 317 g/mol. The molecule has 0 amide bonds. The Bertz CT molecular complexity index is 686. The predicted molar refractivity (Wildman–Crippen MR) is 82.1 cm³/mol. The van der Waals surface area contributed by atoms with Crippen molar-refractivity contribution < 1.29 is 24.3 Å². The molecule has 120 valence electrons. The Labute approximate surface area is 132 Å². The summed E-state index contributed by atoms with van der Waals surface area (Å²) in [5.74, 6) is -0.502. The highest BCUT2D eigenvalue weighted by Gasteiger charge is 2.17. The van der Waals surface area contributed by atoms with Crippen LogP contribution in [0.15, 0.2) is 48.5 Å². The van der Waals surface area contributed by atoms with Crippen molar-refractivity contribution in [3.63, 3.8) is 0 Å². The number of carbonyl (C=O) groups is 1. The average Bonchev–Trinajstić information content (AvgIpc) is 2.55. The van der Waals surface area contributed by atoms with E-state index in [1.165, 1.54) is 6.07 Å². The first kappa shape index (κ1) is 16.3. The van der Waals surface area contributed by atoms with Crippen molar-refractivity contribution in [2.45, 2.75) is 6.42 Å². The van der Waals surface area contributed by atoms with Crippen molar-refractivity contribution >= 4 is 11.7 Å². The molecule has 2 aromatic carbocycles. The van der Waals surface area contributed by atoms with Crippen LogP contribution in [0, 0.1) is 10.1 Å². The van der Waals surface area contributed by atoms with Crippen LogP contribution in [0.1, 0.15) is 16.8 Å². The fourth-order valence-electron chi connectivity index (χ4n) is 1.86. The predicted octanol–water partition coefficient (Wildman–Crippen LogP) is 3.14. The number of nitro benzene ring substituents is 1. The van der Waals surface area contributed by atoms with Crippen LogP contribution in [0.25, 0.3) is 0 Å². The molecule has 0 aromatic heterocycles. The van der Waals surface area contributed by atoms with Gasteiger partial charge in [-0.1, -0.05) is 18.2 Å². The number of aromatic carboxylic acids is 1. The molecule has 0 saturated carbocycles. The van der Waals surface area contributed by atoms with Crippen molar-refractivity contribution in [1.29, 1.82) is 0 Å². The van der Waals surface area contributed by atoms with E-state index in [0.29, 0.717) is 13.0 Å². The van der Waals surface area contributed by atoms with Gasteiger partial charge in [0, 0.05) is 18.6 Å². The first-order valence-electron chi connectivity index (χ1n) is 6.90. The van der Waals surface area contributed by atoms with E-state index in [1.807, 2.05) is 30.3 Å². The number of ether oxygens (including phenoxy) is 2. The van der Waals surface area contributed by atoms with Crippen LogP contribution < -0.4 is 9.47 Å². The maximum atomic E-state index is 10.9. The number of nitrogens with zero attached hydrogens (tertiary/aromatic N) is 1. The highest BCUT2D eigenvalue weighted by Crippen LogP contribution is 2.28. The molecule has 7 nitrogen and oxygen atoms in total. The summed E-state index contributed by atoms with van der Waals surface area (Å²) < 4.78 is 10.8. The number of benzene rings is 2. The van der Waals surface area contributed by atoms with Gasteiger partial charge >= 0.3 is 11.7 Å². The molecule has 2 aromatic rings. The quantitative estimate of drug-likeness (QED) is 0.456. The van der Waals surface area contributed by atoms with Gasteiger partial charge in [-0.15, -0.1) is 0 Å². The Morgan fingerprint density at radius 1 is 1.09 bits per heavy atom. The van der Waals surface area contributed by atoms with Gasteiger partial charge in [-0.25, -0.2) is 4.79 Å². The van der Waals surface area contributed by atoms with Crippen LogP contribution in [0.3, 0.4) is 0 Å². The monoisotopic (exact) mass is 317 g/mol. The van der Waals surface area contributed by atoms with Crippen molar-refractivity contribution in [2.24, 2.45) is 0 Å². The maximum absolute atomic E-state index is 10.9. The van der Waals surface area contributed by atoms with Crippen LogP contribution in [0.2, 0.25) is 0 Å². The van der Waals surface area contributed by atoms with Crippen molar-refractivity contribution in [2.75, 3.05) is 13.2 Å². The first-order chi connectivity index (χ1) is 11.1. The Balaban J connectivity index is 1.90. The Morgan fingerprint density at radius 2 is 1.78 bits per heavy atom. The number of para-hydroxylation sites is 1. The molecule has 7 heteroatoms. The second kappa shape index (κ2) is 7.79. The largest absolute Gasteiger partial charge is 0.493 e. The van der Waals surface area contributed by atoms with Crippen LogP contribution in [-0.4, -0.2) is 29.2 Å². The summed E-state index contributed by atoms with van der Waals surface area (Å²) in [5.41, 5.74) is -0.329. The van der Waals surface area contributed by atoms with E-state index in [-0.39, 0.29) is 23.6 Å². The van der Waals surface area contributed by atoms with Crippen LogP contribution in [-0.2, 0) is 0 Å². The molecule has 0 unspecified atom stereocenters. The third kappa shape index (κ3) is 4.70. The SMILES string of the molecule is O=C(O)c1ccc([N+](=O)[O-])c(OCCCOc2ccccc2)c1. The maximum Gasteiger partial charge on any atom is 0.335 e. The molecule has 0 spiro atoms. The molecule has 0 fully saturated rings. The fourth-order valence-corrected chi connectivity index (χ4v) is 1.86. The summed E-state index contributed by atoms with van der Waals surface area (Å²) in [6.45, 7) is 0.563. The molecular weight excluding hydrogens is 302 g/mol. The second-order valence-electron chi connectivity index (χ2n) is 4.61. The first-order valence-corrected chi connectivity index (χ1v) is 6.90. The number of rotatable bonds is 8. The van der Waals surface area contributed by atoms with Gasteiger partial charge in [-0.05, 0) is 18.2 Å². The Hall–Kier alpha value is -3.09. The fraction of sp³-hybridized carbons (Fsp3) is 0.188. The van der Waals surface area contributed by atoms with Crippen LogP contribution in [0.5, 0.6) is 11.5 Å². The third-order valence-corrected chi connectivity index (χ3v) is 2.96. The van der Waals surface area contributed by atoms with Gasteiger partial charge in [0.2, 0.25) is 0 Å². The molecule has 0 atom stereocenters. The smallest absolute Gasteiger partial charge is 0.335 e. The van der Waals surface area contributed by atoms with Crippen molar-refractivity contribution in [3.05, 3.63) is 64.2 Å². The lowest BCUT2D eigenvalue weighted by molar-refractivity contribution is -0.385. The highest BCUT2D eigenvalue weighted by atomic mass is 16.6.